The van der Waals surface area contributed by atoms with E-state index in [4.69, 9.17) is 4.98 Å². The van der Waals surface area contributed by atoms with Crippen molar-refractivity contribution in [3.63, 3.8) is 0 Å². The molecule has 23 heavy (non-hydrogen) atoms. The largest absolute Gasteiger partial charge is 0.387 e. The van der Waals surface area contributed by atoms with Crippen LogP contribution in [0.3, 0.4) is 0 Å². The minimum absolute atomic E-state index is 0.620. The molecular weight excluding hydrogens is 288 g/mol. The molecule has 2 fully saturated rings. The topological polar surface area (TPSA) is 52.5 Å². The molecule has 0 saturated carbocycles. The standard InChI is InChI=1S/C18H24N4O/c23-18(13-21-9-4-1-5-10-21)8-11-22(14-18)17-12-19-15-6-2-3-7-16(15)20-17/h2-3,6-7,12,23H,1,4-5,8-11,13-14H2/t18-/m0/s1. The first-order valence-electron chi connectivity index (χ1n) is 8.63. The maximum Gasteiger partial charge on any atom is 0.147 e. The van der Waals surface area contributed by atoms with Crippen LogP contribution in [0.1, 0.15) is 25.7 Å². The van der Waals surface area contributed by atoms with Crippen molar-refractivity contribution in [2.45, 2.75) is 31.3 Å². The summed E-state index contributed by atoms with van der Waals surface area (Å²) in [5.74, 6) is 0.873. The molecule has 0 unspecified atom stereocenters. The van der Waals surface area contributed by atoms with Gasteiger partial charge in [-0.2, -0.15) is 0 Å². The van der Waals surface area contributed by atoms with E-state index in [1.165, 1.54) is 19.3 Å². The third-order valence-electron chi connectivity index (χ3n) is 5.06. The maximum atomic E-state index is 11.0. The van der Waals surface area contributed by atoms with Crippen LogP contribution >= 0.6 is 0 Å². The van der Waals surface area contributed by atoms with E-state index in [-0.39, 0.29) is 0 Å². The van der Waals surface area contributed by atoms with Crippen molar-refractivity contribution >= 4 is 16.9 Å². The summed E-state index contributed by atoms with van der Waals surface area (Å²) in [6.45, 7) is 4.52. The predicted octanol–water partition coefficient (Wildman–Crippen LogP) is 2.06. The summed E-state index contributed by atoms with van der Waals surface area (Å²) in [6, 6.07) is 7.92. The van der Waals surface area contributed by atoms with E-state index in [1.54, 1.807) is 0 Å². The van der Waals surface area contributed by atoms with E-state index in [9.17, 15) is 5.11 Å². The molecule has 5 nitrogen and oxygen atoms in total. The average molecular weight is 312 g/mol. The molecule has 0 amide bonds. The Morgan fingerprint density at radius 1 is 1.04 bits per heavy atom. The molecule has 3 heterocycles. The number of nitrogens with zero attached hydrogens (tertiary/aromatic N) is 4. The summed E-state index contributed by atoms with van der Waals surface area (Å²) in [5, 5.41) is 11.0. The van der Waals surface area contributed by atoms with Crippen LogP contribution in [0, 0.1) is 0 Å². The first-order chi connectivity index (χ1) is 11.2. The summed E-state index contributed by atoms with van der Waals surface area (Å²) in [7, 11) is 0. The highest BCUT2D eigenvalue weighted by atomic mass is 16.3. The SMILES string of the molecule is O[C@]1(CN2CCCCC2)CCN(c2cnc3ccccc3n2)C1. The summed E-state index contributed by atoms with van der Waals surface area (Å²) < 4.78 is 0. The number of likely N-dealkylation sites (tertiary alicyclic amines) is 1. The van der Waals surface area contributed by atoms with Gasteiger partial charge in [-0.15, -0.1) is 0 Å². The molecule has 4 rings (SSSR count). The van der Waals surface area contributed by atoms with E-state index in [1.807, 2.05) is 30.5 Å². The fourth-order valence-corrected chi connectivity index (χ4v) is 3.81. The number of fused-ring (bicyclic) bond motifs is 1. The Morgan fingerprint density at radius 2 is 1.83 bits per heavy atom. The smallest absolute Gasteiger partial charge is 0.147 e. The Labute approximate surface area is 137 Å². The van der Waals surface area contributed by atoms with Crippen LogP contribution in [0.5, 0.6) is 0 Å². The fraction of sp³-hybridized carbons (Fsp3) is 0.556. The van der Waals surface area contributed by atoms with Gasteiger partial charge in [0.15, 0.2) is 0 Å². The van der Waals surface area contributed by atoms with Gasteiger partial charge in [-0.1, -0.05) is 18.6 Å². The minimum Gasteiger partial charge on any atom is -0.387 e. The van der Waals surface area contributed by atoms with E-state index < -0.39 is 5.60 Å². The van der Waals surface area contributed by atoms with Crippen molar-refractivity contribution in [2.75, 3.05) is 37.6 Å². The van der Waals surface area contributed by atoms with Gasteiger partial charge < -0.3 is 14.9 Å². The monoisotopic (exact) mass is 312 g/mol. The van der Waals surface area contributed by atoms with Gasteiger partial charge in [0.1, 0.15) is 5.82 Å². The third kappa shape index (κ3) is 3.16. The molecule has 0 spiro atoms. The summed E-state index contributed by atoms with van der Waals surface area (Å²) in [6.07, 6.45) is 6.48. The number of rotatable bonds is 3. The van der Waals surface area contributed by atoms with Gasteiger partial charge in [-0.3, -0.25) is 4.98 Å². The third-order valence-corrected chi connectivity index (χ3v) is 5.06. The van der Waals surface area contributed by atoms with Gasteiger partial charge in [0.2, 0.25) is 0 Å². The number of para-hydroxylation sites is 2. The van der Waals surface area contributed by atoms with Crippen molar-refractivity contribution in [2.24, 2.45) is 0 Å². The van der Waals surface area contributed by atoms with E-state index in [0.717, 1.165) is 49.5 Å². The lowest BCUT2D eigenvalue weighted by molar-refractivity contribution is 0.0169. The van der Waals surface area contributed by atoms with Gasteiger partial charge in [-0.05, 0) is 44.5 Å². The molecule has 2 aliphatic rings. The fourth-order valence-electron chi connectivity index (χ4n) is 3.81. The molecule has 122 valence electrons. The summed E-state index contributed by atoms with van der Waals surface area (Å²) in [5.41, 5.74) is 1.21. The normalized spacial score (nSPS) is 26.0. The Morgan fingerprint density at radius 3 is 2.65 bits per heavy atom. The number of aromatic nitrogens is 2. The number of benzene rings is 1. The van der Waals surface area contributed by atoms with Crippen molar-refractivity contribution < 1.29 is 5.11 Å². The Kier molecular flexibility index (Phi) is 3.91. The van der Waals surface area contributed by atoms with Gasteiger partial charge in [0.05, 0.1) is 22.8 Å². The van der Waals surface area contributed by atoms with E-state index in [0.29, 0.717) is 6.54 Å². The zero-order valence-electron chi connectivity index (χ0n) is 13.5. The van der Waals surface area contributed by atoms with Crippen molar-refractivity contribution in [1.82, 2.24) is 14.9 Å². The lowest BCUT2D eigenvalue weighted by Crippen LogP contribution is -2.46. The minimum atomic E-state index is -0.620. The summed E-state index contributed by atoms with van der Waals surface area (Å²) in [4.78, 5) is 13.8. The first kappa shape index (κ1) is 14.8. The molecule has 2 saturated heterocycles. The second-order valence-electron chi connectivity index (χ2n) is 6.95. The van der Waals surface area contributed by atoms with E-state index >= 15 is 0 Å². The van der Waals surface area contributed by atoms with Crippen molar-refractivity contribution in [3.8, 4) is 0 Å². The zero-order valence-corrected chi connectivity index (χ0v) is 13.5. The number of β-amino-alcohol motifs (C(OH)–C–C–N with tert-alkyl or cyclic N) is 1. The van der Waals surface area contributed by atoms with Gasteiger partial charge in [-0.25, -0.2) is 4.98 Å². The van der Waals surface area contributed by atoms with Crippen LogP contribution in [0.4, 0.5) is 5.82 Å². The van der Waals surface area contributed by atoms with Crippen LogP contribution in [-0.4, -0.2) is 58.3 Å². The molecule has 1 aromatic carbocycles. The number of anilines is 1. The number of hydrogen-bond acceptors (Lipinski definition) is 5. The quantitative estimate of drug-likeness (QED) is 0.940. The molecule has 0 bridgehead atoms. The highest BCUT2D eigenvalue weighted by Crippen LogP contribution is 2.27. The van der Waals surface area contributed by atoms with Gasteiger partial charge in [0.25, 0.3) is 0 Å². The molecule has 0 aliphatic carbocycles. The second kappa shape index (κ2) is 6.06. The maximum absolute atomic E-state index is 11.0. The molecular formula is C18H24N4O. The van der Waals surface area contributed by atoms with Crippen LogP contribution < -0.4 is 4.90 Å². The highest BCUT2D eigenvalue weighted by molar-refractivity contribution is 5.75. The van der Waals surface area contributed by atoms with Crippen LogP contribution in [0.2, 0.25) is 0 Å². The van der Waals surface area contributed by atoms with Gasteiger partial charge in [0, 0.05) is 19.6 Å². The Bertz CT molecular complexity index is 686. The van der Waals surface area contributed by atoms with Crippen molar-refractivity contribution in [1.29, 1.82) is 0 Å². The highest BCUT2D eigenvalue weighted by Gasteiger charge is 2.38. The van der Waals surface area contributed by atoms with Gasteiger partial charge >= 0.3 is 0 Å². The molecule has 5 heteroatoms. The molecule has 2 aromatic rings. The lowest BCUT2D eigenvalue weighted by Gasteiger charge is -2.33. The lowest BCUT2D eigenvalue weighted by atomic mass is 10.0. The summed E-state index contributed by atoms with van der Waals surface area (Å²) >= 11 is 0. The zero-order chi connectivity index (χ0) is 15.7. The molecule has 1 aromatic heterocycles. The number of hydrogen-bond donors (Lipinski definition) is 1. The first-order valence-corrected chi connectivity index (χ1v) is 8.63. The molecule has 1 atom stereocenters. The second-order valence-corrected chi connectivity index (χ2v) is 6.95. The molecule has 2 aliphatic heterocycles. The average Bonchev–Trinajstić information content (AvgIpc) is 2.97. The van der Waals surface area contributed by atoms with Crippen LogP contribution in [0.15, 0.2) is 30.5 Å². The van der Waals surface area contributed by atoms with Crippen molar-refractivity contribution in [3.05, 3.63) is 30.5 Å². The predicted molar refractivity (Wildman–Crippen MR) is 91.6 cm³/mol. The molecule has 1 N–H and O–H groups in total. The Balaban J connectivity index is 1.47. The number of piperidine rings is 1. The van der Waals surface area contributed by atoms with Crippen LogP contribution in [-0.2, 0) is 0 Å². The number of aliphatic hydroxyl groups is 1. The molecule has 0 radical (unpaired) electrons. The van der Waals surface area contributed by atoms with E-state index in [2.05, 4.69) is 14.8 Å². The Hall–Kier alpha value is -1.72. The van der Waals surface area contributed by atoms with Crippen LogP contribution in [0.25, 0.3) is 11.0 Å².